The Morgan fingerprint density at radius 3 is 2.58 bits per heavy atom. The lowest BCUT2D eigenvalue weighted by molar-refractivity contribution is 0.0390. The van der Waals surface area contributed by atoms with Gasteiger partial charge in [0.1, 0.15) is 0 Å². The summed E-state index contributed by atoms with van der Waals surface area (Å²) >= 11 is 0. The molecule has 1 aliphatic rings. The zero-order valence-corrected chi connectivity index (χ0v) is 11.5. The van der Waals surface area contributed by atoms with Gasteiger partial charge >= 0.3 is 0 Å². The molecular weight excluding hydrogens is 234 g/mol. The molecule has 2 aromatic rings. The first-order valence-corrected chi connectivity index (χ1v) is 7.08. The third kappa shape index (κ3) is 2.80. The van der Waals surface area contributed by atoms with Gasteiger partial charge in [-0.3, -0.25) is 4.90 Å². The van der Waals surface area contributed by atoms with Crippen molar-refractivity contribution in [2.24, 2.45) is 0 Å². The van der Waals surface area contributed by atoms with Crippen molar-refractivity contribution in [2.45, 2.75) is 25.5 Å². The summed E-state index contributed by atoms with van der Waals surface area (Å²) in [6, 6.07) is 15.3. The number of nitrogens with zero attached hydrogens (tertiary/aromatic N) is 1. The van der Waals surface area contributed by atoms with E-state index in [1.807, 2.05) is 7.11 Å². The van der Waals surface area contributed by atoms with Crippen LogP contribution >= 0.6 is 0 Å². The van der Waals surface area contributed by atoms with Gasteiger partial charge in [-0.2, -0.15) is 0 Å². The fourth-order valence-electron chi connectivity index (χ4n) is 2.97. The minimum Gasteiger partial charge on any atom is -0.381 e. The van der Waals surface area contributed by atoms with Crippen molar-refractivity contribution in [3.05, 3.63) is 48.0 Å². The molecule has 1 aliphatic heterocycles. The van der Waals surface area contributed by atoms with E-state index in [-0.39, 0.29) is 0 Å². The lowest BCUT2D eigenvalue weighted by Crippen LogP contribution is -2.36. The van der Waals surface area contributed by atoms with E-state index in [9.17, 15) is 0 Å². The van der Waals surface area contributed by atoms with Crippen LogP contribution in [0.2, 0.25) is 0 Å². The van der Waals surface area contributed by atoms with E-state index in [1.54, 1.807) is 0 Å². The first-order chi connectivity index (χ1) is 9.36. The van der Waals surface area contributed by atoms with Crippen molar-refractivity contribution in [1.82, 2.24) is 4.90 Å². The summed E-state index contributed by atoms with van der Waals surface area (Å²) in [5.41, 5.74) is 1.44. The van der Waals surface area contributed by atoms with E-state index < -0.39 is 0 Å². The predicted octanol–water partition coefficient (Wildman–Crippen LogP) is 3.45. The van der Waals surface area contributed by atoms with Crippen molar-refractivity contribution >= 4 is 10.8 Å². The second kappa shape index (κ2) is 5.72. The second-order valence-corrected chi connectivity index (χ2v) is 5.35. The molecule has 19 heavy (non-hydrogen) atoms. The van der Waals surface area contributed by atoms with Crippen LogP contribution in [0, 0.1) is 0 Å². The molecule has 0 radical (unpaired) electrons. The lowest BCUT2D eigenvalue weighted by Gasteiger charge is -2.31. The fraction of sp³-hybridized carbons (Fsp3) is 0.412. The summed E-state index contributed by atoms with van der Waals surface area (Å²) < 4.78 is 5.43. The van der Waals surface area contributed by atoms with Crippen LogP contribution in [0.4, 0.5) is 0 Å². The van der Waals surface area contributed by atoms with Gasteiger partial charge in [0, 0.05) is 26.7 Å². The highest BCUT2D eigenvalue weighted by Crippen LogP contribution is 2.22. The van der Waals surface area contributed by atoms with E-state index in [1.165, 1.54) is 16.3 Å². The van der Waals surface area contributed by atoms with E-state index in [2.05, 4.69) is 47.4 Å². The molecular formula is C17H21NO. The molecule has 1 fully saturated rings. The highest BCUT2D eigenvalue weighted by molar-refractivity contribution is 5.85. The Morgan fingerprint density at radius 1 is 1.05 bits per heavy atom. The molecule has 0 amide bonds. The predicted molar refractivity (Wildman–Crippen MR) is 79.3 cm³/mol. The van der Waals surface area contributed by atoms with E-state index >= 15 is 0 Å². The third-order valence-electron chi connectivity index (χ3n) is 4.14. The Labute approximate surface area is 115 Å². The number of fused-ring (bicyclic) bond motifs is 1. The quantitative estimate of drug-likeness (QED) is 0.833. The molecule has 3 rings (SSSR count). The number of hydrogen-bond donors (Lipinski definition) is 0. The maximum atomic E-state index is 5.43. The Balaban J connectivity index is 1.75. The number of rotatable bonds is 3. The summed E-state index contributed by atoms with van der Waals surface area (Å²) in [6.45, 7) is 3.33. The zero-order chi connectivity index (χ0) is 13.1. The Hall–Kier alpha value is -1.38. The summed E-state index contributed by atoms with van der Waals surface area (Å²) in [6.07, 6.45) is 2.77. The van der Waals surface area contributed by atoms with Crippen LogP contribution in [0.15, 0.2) is 42.5 Å². The monoisotopic (exact) mass is 255 g/mol. The van der Waals surface area contributed by atoms with Crippen molar-refractivity contribution in [3.63, 3.8) is 0 Å². The van der Waals surface area contributed by atoms with Gasteiger partial charge in [0.15, 0.2) is 0 Å². The average Bonchev–Trinajstić information content (AvgIpc) is 2.48. The van der Waals surface area contributed by atoms with Crippen molar-refractivity contribution in [2.75, 3.05) is 20.2 Å². The van der Waals surface area contributed by atoms with Gasteiger partial charge in [-0.15, -0.1) is 0 Å². The molecule has 1 heterocycles. The van der Waals surface area contributed by atoms with Crippen molar-refractivity contribution < 1.29 is 4.74 Å². The number of piperidine rings is 1. The van der Waals surface area contributed by atoms with Gasteiger partial charge in [-0.05, 0) is 29.2 Å². The first-order valence-electron chi connectivity index (χ1n) is 7.08. The number of hydrogen-bond acceptors (Lipinski definition) is 2. The van der Waals surface area contributed by atoms with Crippen molar-refractivity contribution in [3.8, 4) is 0 Å². The topological polar surface area (TPSA) is 12.5 Å². The molecule has 2 heteroatoms. The van der Waals surface area contributed by atoms with Crippen LogP contribution in [-0.4, -0.2) is 31.2 Å². The van der Waals surface area contributed by atoms with Gasteiger partial charge in [0.2, 0.25) is 0 Å². The van der Waals surface area contributed by atoms with Crippen LogP contribution in [-0.2, 0) is 11.3 Å². The summed E-state index contributed by atoms with van der Waals surface area (Å²) in [5.74, 6) is 0. The molecule has 0 aromatic heterocycles. The number of ether oxygens (including phenoxy) is 1. The molecule has 2 nitrogen and oxygen atoms in total. The molecule has 0 aliphatic carbocycles. The zero-order valence-electron chi connectivity index (χ0n) is 11.5. The van der Waals surface area contributed by atoms with Gasteiger partial charge in [-0.1, -0.05) is 42.5 Å². The molecule has 0 saturated carbocycles. The van der Waals surface area contributed by atoms with E-state index in [0.29, 0.717) is 6.10 Å². The van der Waals surface area contributed by atoms with Crippen LogP contribution in [0.1, 0.15) is 18.4 Å². The molecule has 0 unspecified atom stereocenters. The number of methoxy groups -OCH3 is 1. The van der Waals surface area contributed by atoms with Crippen LogP contribution in [0.5, 0.6) is 0 Å². The standard InChI is InChI=1S/C17H21NO/c1-19-16-9-11-18(12-10-16)13-15-7-4-6-14-5-2-3-8-17(14)15/h2-8,16H,9-13H2,1H3. The maximum absolute atomic E-state index is 5.43. The van der Waals surface area contributed by atoms with Crippen LogP contribution in [0.25, 0.3) is 10.8 Å². The maximum Gasteiger partial charge on any atom is 0.0595 e. The highest BCUT2D eigenvalue weighted by atomic mass is 16.5. The minimum absolute atomic E-state index is 0.462. The second-order valence-electron chi connectivity index (χ2n) is 5.35. The smallest absolute Gasteiger partial charge is 0.0595 e. The van der Waals surface area contributed by atoms with E-state index in [4.69, 9.17) is 4.74 Å². The SMILES string of the molecule is COC1CCN(Cc2cccc3ccccc23)CC1. The minimum atomic E-state index is 0.462. The molecule has 100 valence electrons. The number of benzene rings is 2. The average molecular weight is 255 g/mol. The van der Waals surface area contributed by atoms with Crippen LogP contribution in [0.3, 0.4) is 0 Å². The molecule has 1 saturated heterocycles. The van der Waals surface area contributed by atoms with Gasteiger partial charge in [-0.25, -0.2) is 0 Å². The summed E-state index contributed by atoms with van der Waals surface area (Å²) in [5, 5.41) is 2.73. The Bertz CT molecular complexity index is 538. The normalized spacial score (nSPS) is 17.9. The fourth-order valence-corrected chi connectivity index (χ4v) is 2.97. The van der Waals surface area contributed by atoms with Crippen LogP contribution < -0.4 is 0 Å². The lowest BCUT2D eigenvalue weighted by atomic mass is 10.0. The largest absolute Gasteiger partial charge is 0.381 e. The molecule has 0 spiro atoms. The third-order valence-corrected chi connectivity index (χ3v) is 4.14. The van der Waals surface area contributed by atoms with Gasteiger partial charge in [0.05, 0.1) is 6.10 Å². The number of likely N-dealkylation sites (tertiary alicyclic amines) is 1. The van der Waals surface area contributed by atoms with Crippen molar-refractivity contribution in [1.29, 1.82) is 0 Å². The summed E-state index contributed by atoms with van der Waals surface area (Å²) in [7, 11) is 1.82. The Kier molecular flexibility index (Phi) is 3.81. The molecule has 2 aromatic carbocycles. The molecule has 0 bridgehead atoms. The van der Waals surface area contributed by atoms with Gasteiger partial charge < -0.3 is 4.74 Å². The Morgan fingerprint density at radius 2 is 1.79 bits per heavy atom. The first kappa shape index (κ1) is 12.6. The highest BCUT2D eigenvalue weighted by Gasteiger charge is 2.18. The van der Waals surface area contributed by atoms with E-state index in [0.717, 1.165) is 32.5 Å². The summed E-state index contributed by atoms with van der Waals surface area (Å²) in [4.78, 5) is 2.54. The van der Waals surface area contributed by atoms with Gasteiger partial charge in [0.25, 0.3) is 0 Å². The molecule has 0 atom stereocenters. The molecule has 0 N–H and O–H groups in total.